The Labute approximate surface area is 262 Å². The molecular formula is C37H36FN5O2. The molecule has 2 aromatic heterocycles. The number of carbonyl (C=O) groups excluding carboxylic acids is 2. The lowest BCUT2D eigenvalue weighted by Gasteiger charge is -2.18. The number of allylic oxidation sites excluding steroid dienone is 2. The van der Waals surface area contributed by atoms with Gasteiger partial charge in [0.2, 0.25) is 5.91 Å². The standard InChI is InChI=1S/C37H36FN5O2/c1-3-24(2)30-12-8-7-11-26(30)15-17-40-37(45)28-19-32(25-9-5-4-6-10-25)36-41-34(23-43(36)22-28)31-14-13-29(20-33(31)38)42-18-16-27(21-42)35(39)44/h3-14,19-20,22-23,27H,15-18,21H2,1-2H3,(H2,39,44)(H,40,45)/b24-3-/t27-/m0/s1. The van der Waals surface area contributed by atoms with Crippen LogP contribution in [0.1, 0.15) is 41.8 Å². The molecule has 1 fully saturated rings. The number of nitrogens with two attached hydrogens (primary N) is 1. The maximum absolute atomic E-state index is 15.5. The van der Waals surface area contributed by atoms with E-state index in [4.69, 9.17) is 10.7 Å². The van der Waals surface area contributed by atoms with Crippen LogP contribution >= 0.6 is 0 Å². The van der Waals surface area contributed by atoms with Crippen molar-refractivity contribution in [2.24, 2.45) is 11.7 Å². The highest BCUT2D eigenvalue weighted by molar-refractivity contribution is 5.97. The molecule has 2 amide bonds. The normalized spacial score (nSPS) is 15.0. The molecule has 6 rings (SSSR count). The first-order chi connectivity index (χ1) is 21.8. The second-order valence-corrected chi connectivity index (χ2v) is 11.5. The fourth-order valence-electron chi connectivity index (χ4n) is 6.01. The van der Waals surface area contributed by atoms with Crippen LogP contribution in [-0.2, 0) is 11.2 Å². The summed E-state index contributed by atoms with van der Waals surface area (Å²) in [4.78, 5) is 31.9. The number of nitrogens with zero attached hydrogens (tertiary/aromatic N) is 3. The molecule has 1 saturated heterocycles. The van der Waals surface area contributed by atoms with E-state index < -0.39 is 5.82 Å². The number of pyridine rings is 1. The lowest BCUT2D eigenvalue weighted by Crippen LogP contribution is -2.27. The van der Waals surface area contributed by atoms with Crippen LogP contribution in [0.2, 0.25) is 0 Å². The number of imidazole rings is 1. The maximum Gasteiger partial charge on any atom is 0.252 e. The summed E-state index contributed by atoms with van der Waals surface area (Å²) < 4.78 is 17.3. The third-order valence-corrected chi connectivity index (χ3v) is 8.64. The number of hydrogen-bond acceptors (Lipinski definition) is 4. The van der Waals surface area contributed by atoms with Crippen molar-refractivity contribution in [2.45, 2.75) is 26.7 Å². The Morgan fingerprint density at radius 3 is 2.53 bits per heavy atom. The summed E-state index contributed by atoms with van der Waals surface area (Å²) in [5.74, 6) is -1.16. The molecule has 0 saturated carbocycles. The Hall–Kier alpha value is -5.24. The van der Waals surface area contributed by atoms with Crippen molar-refractivity contribution in [1.82, 2.24) is 14.7 Å². The predicted octanol–water partition coefficient (Wildman–Crippen LogP) is 6.51. The second kappa shape index (κ2) is 12.8. The molecule has 45 heavy (non-hydrogen) atoms. The predicted molar refractivity (Wildman–Crippen MR) is 177 cm³/mol. The van der Waals surface area contributed by atoms with Crippen LogP contribution in [-0.4, -0.2) is 40.8 Å². The van der Waals surface area contributed by atoms with Crippen LogP contribution in [0.4, 0.5) is 10.1 Å². The number of nitrogens with one attached hydrogen (secondary N) is 1. The maximum atomic E-state index is 15.5. The molecule has 0 aliphatic carbocycles. The third kappa shape index (κ3) is 6.22. The molecule has 1 atom stereocenters. The Bertz CT molecular complexity index is 1910. The van der Waals surface area contributed by atoms with Gasteiger partial charge < -0.3 is 20.4 Å². The molecule has 0 bridgehead atoms. The van der Waals surface area contributed by atoms with Gasteiger partial charge in [-0.15, -0.1) is 0 Å². The van der Waals surface area contributed by atoms with Crippen LogP contribution in [0.3, 0.4) is 0 Å². The van der Waals surface area contributed by atoms with Crippen molar-refractivity contribution in [3.8, 4) is 22.4 Å². The van der Waals surface area contributed by atoms with E-state index >= 15 is 4.39 Å². The number of anilines is 1. The van der Waals surface area contributed by atoms with Crippen LogP contribution in [0, 0.1) is 11.7 Å². The summed E-state index contributed by atoms with van der Waals surface area (Å²) in [5, 5.41) is 3.08. The molecule has 228 valence electrons. The highest BCUT2D eigenvalue weighted by atomic mass is 19.1. The summed E-state index contributed by atoms with van der Waals surface area (Å²) in [6.45, 7) is 5.72. The molecule has 5 aromatic rings. The molecule has 7 nitrogen and oxygen atoms in total. The monoisotopic (exact) mass is 601 g/mol. The van der Waals surface area contributed by atoms with E-state index in [9.17, 15) is 9.59 Å². The molecule has 1 aliphatic rings. The van der Waals surface area contributed by atoms with Crippen LogP contribution in [0.25, 0.3) is 33.6 Å². The molecule has 0 unspecified atom stereocenters. The molecule has 3 N–H and O–H groups in total. The summed E-state index contributed by atoms with van der Waals surface area (Å²) in [5.41, 5.74) is 13.3. The highest BCUT2D eigenvalue weighted by Gasteiger charge is 2.27. The zero-order valence-electron chi connectivity index (χ0n) is 25.5. The van der Waals surface area contributed by atoms with Crippen LogP contribution in [0.5, 0.6) is 0 Å². The van der Waals surface area contributed by atoms with Gasteiger partial charge in [0.25, 0.3) is 5.91 Å². The number of benzene rings is 3. The van der Waals surface area contributed by atoms with Crippen molar-refractivity contribution in [3.05, 3.63) is 120 Å². The Morgan fingerprint density at radius 1 is 1.02 bits per heavy atom. The van der Waals surface area contributed by atoms with E-state index in [1.165, 1.54) is 22.8 Å². The summed E-state index contributed by atoms with van der Waals surface area (Å²) in [7, 11) is 0. The van der Waals surface area contributed by atoms with E-state index in [0.717, 1.165) is 11.1 Å². The van der Waals surface area contributed by atoms with Gasteiger partial charge in [0, 0.05) is 48.8 Å². The third-order valence-electron chi connectivity index (χ3n) is 8.64. The van der Waals surface area contributed by atoms with E-state index in [2.05, 4.69) is 30.4 Å². The van der Waals surface area contributed by atoms with E-state index in [0.29, 0.717) is 60.6 Å². The minimum Gasteiger partial charge on any atom is -0.371 e. The topological polar surface area (TPSA) is 92.7 Å². The largest absolute Gasteiger partial charge is 0.371 e. The number of amides is 2. The summed E-state index contributed by atoms with van der Waals surface area (Å²) in [6.07, 6.45) is 6.95. The zero-order chi connectivity index (χ0) is 31.5. The molecule has 0 spiro atoms. The number of primary amides is 1. The second-order valence-electron chi connectivity index (χ2n) is 11.5. The minimum atomic E-state index is -0.411. The first-order valence-corrected chi connectivity index (χ1v) is 15.2. The van der Waals surface area contributed by atoms with Crippen molar-refractivity contribution >= 4 is 28.7 Å². The lowest BCUT2D eigenvalue weighted by molar-refractivity contribution is -0.121. The van der Waals surface area contributed by atoms with Gasteiger partial charge in [0.15, 0.2) is 0 Å². The van der Waals surface area contributed by atoms with Gasteiger partial charge in [-0.25, -0.2) is 9.37 Å². The average Bonchev–Trinajstić information content (AvgIpc) is 3.73. The van der Waals surface area contributed by atoms with Crippen molar-refractivity contribution in [3.63, 3.8) is 0 Å². The first kappa shape index (κ1) is 29.8. The smallest absolute Gasteiger partial charge is 0.252 e. The van der Waals surface area contributed by atoms with Crippen molar-refractivity contribution in [2.75, 3.05) is 24.5 Å². The average molecular weight is 602 g/mol. The fourth-order valence-corrected chi connectivity index (χ4v) is 6.01. The highest BCUT2D eigenvalue weighted by Crippen LogP contribution is 2.32. The zero-order valence-corrected chi connectivity index (χ0v) is 25.5. The van der Waals surface area contributed by atoms with Gasteiger partial charge >= 0.3 is 0 Å². The molecule has 3 heterocycles. The van der Waals surface area contributed by atoms with E-state index in [-0.39, 0.29) is 17.7 Å². The fraction of sp³-hybridized carbons (Fsp3) is 0.216. The molecule has 3 aromatic carbocycles. The summed E-state index contributed by atoms with van der Waals surface area (Å²) >= 11 is 0. The Kier molecular flexibility index (Phi) is 8.47. The number of aromatic nitrogens is 2. The van der Waals surface area contributed by atoms with E-state index in [1.54, 1.807) is 22.9 Å². The van der Waals surface area contributed by atoms with Crippen molar-refractivity contribution in [1.29, 1.82) is 0 Å². The number of fused-ring (bicyclic) bond motifs is 1. The van der Waals surface area contributed by atoms with Crippen molar-refractivity contribution < 1.29 is 14.0 Å². The quantitative estimate of drug-likeness (QED) is 0.201. The number of carbonyl (C=O) groups is 2. The molecule has 8 heteroatoms. The van der Waals surface area contributed by atoms with Gasteiger partial charge in [0.05, 0.1) is 17.2 Å². The van der Waals surface area contributed by atoms with Gasteiger partial charge in [-0.2, -0.15) is 0 Å². The SMILES string of the molecule is C/C=C(/C)c1ccccc1CCNC(=O)c1cc(-c2ccccc2)c2nc(-c3ccc(N4CC[C@H](C(N)=O)C4)cc3F)cn2c1. The Balaban J connectivity index is 1.28. The van der Waals surface area contributed by atoms with Gasteiger partial charge in [-0.3, -0.25) is 9.59 Å². The number of hydrogen-bond donors (Lipinski definition) is 2. The molecular weight excluding hydrogens is 565 g/mol. The number of rotatable bonds is 9. The van der Waals surface area contributed by atoms with Gasteiger partial charge in [-0.1, -0.05) is 60.7 Å². The lowest BCUT2D eigenvalue weighted by atomic mass is 9.98. The van der Waals surface area contributed by atoms with Crippen LogP contribution in [0.15, 0.2) is 97.3 Å². The van der Waals surface area contributed by atoms with Gasteiger partial charge in [0.1, 0.15) is 11.5 Å². The minimum absolute atomic E-state index is 0.194. The van der Waals surface area contributed by atoms with E-state index in [1.807, 2.05) is 66.4 Å². The molecule has 1 aliphatic heterocycles. The molecule has 0 radical (unpaired) electrons. The van der Waals surface area contributed by atoms with Gasteiger partial charge in [-0.05, 0) is 73.2 Å². The first-order valence-electron chi connectivity index (χ1n) is 15.2. The number of halogens is 1. The Morgan fingerprint density at radius 2 is 1.80 bits per heavy atom. The summed E-state index contributed by atoms with van der Waals surface area (Å²) in [6, 6.07) is 24.9. The van der Waals surface area contributed by atoms with Crippen LogP contribution < -0.4 is 16.0 Å².